The molecule has 1 aliphatic rings. The molecule has 118 valence electrons. The van der Waals surface area contributed by atoms with Crippen LogP contribution in [0.5, 0.6) is 0 Å². The van der Waals surface area contributed by atoms with Crippen LogP contribution in [0, 0.1) is 5.92 Å². The SMILES string of the molecule is CCOC(=O)C(CSc1nnnn1C)(NC(C)C)C1CC1. The van der Waals surface area contributed by atoms with Gasteiger partial charge in [-0.25, -0.2) is 4.68 Å². The Labute approximate surface area is 129 Å². The molecule has 1 aromatic heterocycles. The minimum Gasteiger partial charge on any atom is -0.465 e. The summed E-state index contributed by atoms with van der Waals surface area (Å²) in [6, 6.07) is 0.202. The van der Waals surface area contributed by atoms with Gasteiger partial charge in [0, 0.05) is 18.8 Å². The summed E-state index contributed by atoms with van der Waals surface area (Å²) in [5, 5.41) is 15.6. The molecule has 0 spiro atoms. The summed E-state index contributed by atoms with van der Waals surface area (Å²) >= 11 is 1.49. The van der Waals surface area contributed by atoms with E-state index in [1.165, 1.54) is 11.8 Å². The zero-order valence-electron chi connectivity index (χ0n) is 13.0. The number of hydrogen-bond donors (Lipinski definition) is 1. The molecule has 0 saturated heterocycles. The predicted molar refractivity (Wildman–Crippen MR) is 79.9 cm³/mol. The Kier molecular flexibility index (Phi) is 5.21. The molecule has 21 heavy (non-hydrogen) atoms. The van der Waals surface area contributed by atoms with E-state index < -0.39 is 5.54 Å². The van der Waals surface area contributed by atoms with Crippen molar-refractivity contribution in [1.29, 1.82) is 0 Å². The monoisotopic (exact) mass is 313 g/mol. The molecule has 1 unspecified atom stereocenters. The van der Waals surface area contributed by atoms with E-state index in [0.29, 0.717) is 23.4 Å². The number of esters is 1. The number of rotatable bonds is 8. The van der Waals surface area contributed by atoms with Crippen molar-refractivity contribution in [3.63, 3.8) is 0 Å². The molecule has 7 nitrogen and oxygen atoms in total. The minimum atomic E-state index is -0.652. The molecule has 2 rings (SSSR count). The maximum absolute atomic E-state index is 12.6. The van der Waals surface area contributed by atoms with Crippen molar-refractivity contribution in [3.8, 4) is 0 Å². The van der Waals surface area contributed by atoms with Crippen molar-refractivity contribution in [2.24, 2.45) is 13.0 Å². The molecule has 8 heteroatoms. The van der Waals surface area contributed by atoms with E-state index in [1.807, 2.05) is 20.8 Å². The number of hydrogen-bond acceptors (Lipinski definition) is 7. The number of thioether (sulfide) groups is 1. The summed E-state index contributed by atoms with van der Waals surface area (Å²) in [4.78, 5) is 12.6. The van der Waals surface area contributed by atoms with Crippen LogP contribution >= 0.6 is 11.8 Å². The lowest BCUT2D eigenvalue weighted by Crippen LogP contribution is -2.59. The van der Waals surface area contributed by atoms with Gasteiger partial charge in [-0.15, -0.1) is 5.10 Å². The van der Waals surface area contributed by atoms with E-state index in [1.54, 1.807) is 11.7 Å². The molecular formula is C13H23N5O2S. The van der Waals surface area contributed by atoms with Crippen molar-refractivity contribution in [2.75, 3.05) is 12.4 Å². The Balaban J connectivity index is 2.17. The topological polar surface area (TPSA) is 81.9 Å². The van der Waals surface area contributed by atoms with Crippen molar-refractivity contribution < 1.29 is 9.53 Å². The van der Waals surface area contributed by atoms with Gasteiger partial charge in [0.15, 0.2) is 0 Å². The van der Waals surface area contributed by atoms with Crippen LogP contribution in [-0.2, 0) is 16.6 Å². The molecule has 0 radical (unpaired) electrons. The fourth-order valence-corrected chi connectivity index (χ4v) is 3.55. The Morgan fingerprint density at radius 2 is 2.29 bits per heavy atom. The molecule has 1 N–H and O–H groups in total. The first-order chi connectivity index (χ1) is 9.99. The average molecular weight is 313 g/mol. The van der Waals surface area contributed by atoms with Gasteiger partial charge in [-0.05, 0) is 50.0 Å². The van der Waals surface area contributed by atoms with Crippen molar-refractivity contribution >= 4 is 17.7 Å². The zero-order valence-corrected chi connectivity index (χ0v) is 13.8. The molecule has 1 aliphatic carbocycles. The summed E-state index contributed by atoms with van der Waals surface area (Å²) in [6.45, 7) is 6.32. The molecule has 1 saturated carbocycles. The first-order valence-electron chi connectivity index (χ1n) is 7.29. The first-order valence-corrected chi connectivity index (χ1v) is 8.28. The second-order valence-electron chi connectivity index (χ2n) is 5.64. The lowest BCUT2D eigenvalue weighted by atomic mass is 9.94. The Hall–Kier alpha value is -1.15. The second-order valence-corrected chi connectivity index (χ2v) is 6.58. The van der Waals surface area contributed by atoms with Crippen LogP contribution in [0.1, 0.15) is 33.6 Å². The molecule has 1 aromatic rings. The average Bonchev–Trinajstić information content (AvgIpc) is 3.19. The Morgan fingerprint density at radius 1 is 1.57 bits per heavy atom. The fourth-order valence-electron chi connectivity index (χ4n) is 2.43. The van der Waals surface area contributed by atoms with Crippen LogP contribution in [0.3, 0.4) is 0 Å². The number of nitrogens with one attached hydrogen (secondary N) is 1. The number of ether oxygens (including phenoxy) is 1. The van der Waals surface area contributed by atoms with Gasteiger partial charge in [-0.1, -0.05) is 11.8 Å². The summed E-state index contributed by atoms with van der Waals surface area (Å²) in [5.74, 6) is 0.736. The molecule has 1 heterocycles. The van der Waals surface area contributed by atoms with Crippen molar-refractivity contribution in [1.82, 2.24) is 25.5 Å². The number of aromatic nitrogens is 4. The van der Waals surface area contributed by atoms with E-state index in [2.05, 4.69) is 20.8 Å². The van der Waals surface area contributed by atoms with Crippen molar-refractivity contribution in [2.45, 2.75) is 50.4 Å². The highest BCUT2D eigenvalue weighted by Gasteiger charge is 2.52. The summed E-state index contributed by atoms with van der Waals surface area (Å²) < 4.78 is 6.95. The Morgan fingerprint density at radius 3 is 2.76 bits per heavy atom. The largest absolute Gasteiger partial charge is 0.465 e. The quantitative estimate of drug-likeness (QED) is 0.566. The molecule has 0 amide bonds. The van der Waals surface area contributed by atoms with Gasteiger partial charge < -0.3 is 4.74 Å². The fraction of sp³-hybridized carbons (Fsp3) is 0.846. The summed E-state index contributed by atoms with van der Waals surface area (Å²) in [5.41, 5.74) is -0.652. The van der Waals surface area contributed by atoms with E-state index in [0.717, 1.165) is 12.8 Å². The lowest BCUT2D eigenvalue weighted by molar-refractivity contribution is -0.151. The molecular weight excluding hydrogens is 290 g/mol. The first kappa shape index (κ1) is 16.2. The highest BCUT2D eigenvalue weighted by atomic mass is 32.2. The molecule has 0 aliphatic heterocycles. The van der Waals surface area contributed by atoms with Gasteiger partial charge in [0.1, 0.15) is 5.54 Å². The number of carbonyl (C=O) groups excluding carboxylic acids is 1. The highest BCUT2D eigenvalue weighted by molar-refractivity contribution is 7.99. The highest BCUT2D eigenvalue weighted by Crippen LogP contribution is 2.43. The molecule has 1 atom stereocenters. The maximum atomic E-state index is 12.6. The minimum absolute atomic E-state index is 0.163. The van der Waals surface area contributed by atoms with E-state index >= 15 is 0 Å². The molecule has 0 aromatic carbocycles. The zero-order chi connectivity index (χ0) is 15.5. The van der Waals surface area contributed by atoms with Gasteiger partial charge >= 0.3 is 5.97 Å². The summed E-state index contributed by atoms with van der Waals surface area (Å²) in [7, 11) is 1.79. The Bertz CT molecular complexity index is 489. The predicted octanol–water partition coefficient (Wildman–Crippen LogP) is 1.01. The van der Waals surface area contributed by atoms with E-state index in [9.17, 15) is 4.79 Å². The number of nitrogens with zero attached hydrogens (tertiary/aromatic N) is 4. The van der Waals surface area contributed by atoms with Crippen LogP contribution < -0.4 is 5.32 Å². The standard InChI is InChI=1S/C13H23N5O2S/c1-5-20-11(19)13(10-6-7-10,14-9(2)3)8-21-12-15-16-17-18(12)4/h9-10,14H,5-8H2,1-4H3. The van der Waals surface area contributed by atoms with Crippen LogP contribution in [-0.4, -0.2) is 50.1 Å². The van der Waals surface area contributed by atoms with E-state index in [-0.39, 0.29) is 12.0 Å². The number of tetrazole rings is 1. The third-order valence-corrected chi connectivity index (χ3v) is 4.67. The smallest absolute Gasteiger partial charge is 0.327 e. The lowest BCUT2D eigenvalue weighted by Gasteiger charge is -2.34. The molecule has 0 bridgehead atoms. The number of carbonyl (C=O) groups is 1. The van der Waals surface area contributed by atoms with Gasteiger partial charge in [-0.2, -0.15) is 0 Å². The third-order valence-electron chi connectivity index (χ3n) is 3.47. The number of aryl methyl sites for hydroxylation is 1. The maximum Gasteiger partial charge on any atom is 0.327 e. The molecule has 1 fully saturated rings. The van der Waals surface area contributed by atoms with Gasteiger partial charge in [0.2, 0.25) is 5.16 Å². The van der Waals surface area contributed by atoms with Crippen molar-refractivity contribution in [3.05, 3.63) is 0 Å². The van der Waals surface area contributed by atoms with Gasteiger partial charge in [-0.3, -0.25) is 10.1 Å². The normalized spacial score (nSPS) is 17.8. The van der Waals surface area contributed by atoms with E-state index in [4.69, 9.17) is 4.74 Å². The summed E-state index contributed by atoms with van der Waals surface area (Å²) in [6.07, 6.45) is 2.10. The van der Waals surface area contributed by atoms with Gasteiger partial charge in [0.05, 0.1) is 6.61 Å². The van der Waals surface area contributed by atoms with Crippen LogP contribution in [0.4, 0.5) is 0 Å². The van der Waals surface area contributed by atoms with Crippen LogP contribution in [0.2, 0.25) is 0 Å². The van der Waals surface area contributed by atoms with Gasteiger partial charge in [0.25, 0.3) is 0 Å². The third kappa shape index (κ3) is 3.74. The van der Waals surface area contributed by atoms with Crippen LogP contribution in [0.15, 0.2) is 5.16 Å². The van der Waals surface area contributed by atoms with Crippen LogP contribution in [0.25, 0.3) is 0 Å². The second kappa shape index (κ2) is 6.74.